The molecule has 2 N–H and O–H groups in total. The quantitative estimate of drug-likeness (QED) is 0.905. The highest BCUT2D eigenvalue weighted by Gasteiger charge is 2.23. The van der Waals surface area contributed by atoms with E-state index in [2.05, 4.69) is 31.6 Å². The largest absolute Gasteiger partial charge is 0.357 e. The lowest BCUT2D eigenvalue weighted by molar-refractivity contribution is -0.119. The van der Waals surface area contributed by atoms with Crippen LogP contribution in [0.5, 0.6) is 0 Å². The first kappa shape index (κ1) is 14.1. The van der Waals surface area contributed by atoms with Gasteiger partial charge in [-0.05, 0) is 24.3 Å². The number of carbonyl (C=O) groups is 1. The van der Waals surface area contributed by atoms with Gasteiger partial charge in [-0.1, -0.05) is 0 Å². The van der Waals surface area contributed by atoms with Crippen molar-refractivity contribution in [1.82, 2.24) is 15.3 Å². The van der Waals surface area contributed by atoms with E-state index in [1.165, 1.54) is 0 Å². The van der Waals surface area contributed by atoms with E-state index in [9.17, 15) is 4.79 Å². The molecule has 1 amide bonds. The van der Waals surface area contributed by atoms with Gasteiger partial charge in [0.1, 0.15) is 10.6 Å². The molecule has 21 heavy (non-hydrogen) atoms. The second-order valence-electron chi connectivity index (χ2n) is 5.22. The van der Waals surface area contributed by atoms with Gasteiger partial charge in [-0.25, -0.2) is 4.98 Å². The molecule has 2 aromatic heterocycles. The third kappa shape index (κ3) is 2.92. The molecule has 0 radical (unpaired) electrons. The number of thiophene rings is 1. The molecule has 1 saturated heterocycles. The predicted molar refractivity (Wildman–Crippen MR) is 86.0 cm³/mol. The van der Waals surface area contributed by atoms with Gasteiger partial charge in [-0.3, -0.25) is 4.79 Å². The highest BCUT2D eigenvalue weighted by molar-refractivity contribution is 7.16. The summed E-state index contributed by atoms with van der Waals surface area (Å²) in [6, 6.07) is 2.36. The average molecular weight is 305 g/mol. The number of hydrogen-bond acceptors (Lipinski definition) is 6. The van der Waals surface area contributed by atoms with Crippen LogP contribution >= 0.6 is 11.3 Å². The van der Waals surface area contributed by atoms with Gasteiger partial charge in [0.25, 0.3) is 0 Å². The van der Waals surface area contributed by atoms with Crippen LogP contribution in [0.3, 0.4) is 0 Å². The summed E-state index contributed by atoms with van der Waals surface area (Å²) in [5.41, 5.74) is 0. The molecule has 0 atom stereocenters. The number of piperidine rings is 1. The van der Waals surface area contributed by atoms with Crippen molar-refractivity contribution in [3.05, 3.63) is 11.4 Å². The Balaban J connectivity index is 1.81. The molecule has 0 aromatic carbocycles. The average Bonchev–Trinajstić information content (AvgIpc) is 2.94. The Kier molecular flexibility index (Phi) is 3.92. The van der Waals surface area contributed by atoms with Crippen LogP contribution in [0.4, 0.5) is 11.8 Å². The standard InChI is InChI=1S/C14H19N5OS/c1-9(20)16-10-3-6-19(7-4-10)12-11-5-8-21-13(11)18-14(15-2)17-12/h5,8,10H,3-4,6-7H2,1-2H3,(H,16,20)(H,15,17,18). The van der Waals surface area contributed by atoms with E-state index in [1.807, 2.05) is 12.4 Å². The van der Waals surface area contributed by atoms with Crippen LogP contribution in [-0.4, -0.2) is 42.1 Å². The molecule has 0 aliphatic carbocycles. The molecule has 0 spiro atoms. The minimum Gasteiger partial charge on any atom is -0.357 e. The Morgan fingerprint density at radius 3 is 2.81 bits per heavy atom. The van der Waals surface area contributed by atoms with E-state index in [4.69, 9.17) is 0 Å². The molecule has 0 unspecified atom stereocenters. The third-order valence-electron chi connectivity index (χ3n) is 3.73. The number of aromatic nitrogens is 2. The van der Waals surface area contributed by atoms with Crippen LogP contribution in [0.15, 0.2) is 11.4 Å². The summed E-state index contributed by atoms with van der Waals surface area (Å²) >= 11 is 1.63. The Labute approximate surface area is 127 Å². The minimum atomic E-state index is 0.0492. The molecule has 3 heterocycles. The van der Waals surface area contributed by atoms with Gasteiger partial charge in [0, 0.05) is 33.1 Å². The maximum atomic E-state index is 11.1. The lowest BCUT2D eigenvalue weighted by atomic mass is 10.0. The van der Waals surface area contributed by atoms with E-state index < -0.39 is 0 Å². The summed E-state index contributed by atoms with van der Waals surface area (Å²) in [5, 5.41) is 9.18. The Bertz CT molecular complexity index is 648. The van der Waals surface area contributed by atoms with Crippen molar-refractivity contribution in [2.24, 2.45) is 0 Å². The fraction of sp³-hybridized carbons (Fsp3) is 0.500. The molecular weight excluding hydrogens is 286 g/mol. The molecule has 1 aliphatic heterocycles. The van der Waals surface area contributed by atoms with Crippen molar-refractivity contribution in [1.29, 1.82) is 0 Å². The van der Waals surface area contributed by atoms with Gasteiger partial charge in [0.15, 0.2) is 0 Å². The van der Waals surface area contributed by atoms with Crippen LogP contribution in [0.1, 0.15) is 19.8 Å². The molecule has 1 aliphatic rings. The third-order valence-corrected chi connectivity index (χ3v) is 4.54. The Morgan fingerprint density at radius 1 is 1.38 bits per heavy atom. The molecule has 112 valence electrons. The van der Waals surface area contributed by atoms with Crippen molar-refractivity contribution in [2.45, 2.75) is 25.8 Å². The number of nitrogens with one attached hydrogen (secondary N) is 2. The summed E-state index contributed by atoms with van der Waals surface area (Å²) < 4.78 is 0. The van der Waals surface area contributed by atoms with Crippen molar-refractivity contribution < 1.29 is 4.79 Å². The number of fused-ring (bicyclic) bond motifs is 1. The number of amides is 1. The summed E-state index contributed by atoms with van der Waals surface area (Å²) in [6.07, 6.45) is 1.90. The van der Waals surface area contributed by atoms with Crippen LogP contribution < -0.4 is 15.5 Å². The number of nitrogens with zero attached hydrogens (tertiary/aromatic N) is 3. The molecule has 2 aromatic rings. The lowest BCUT2D eigenvalue weighted by Crippen LogP contribution is -2.44. The molecule has 7 heteroatoms. The minimum absolute atomic E-state index is 0.0492. The summed E-state index contributed by atoms with van der Waals surface area (Å²) in [4.78, 5) is 23.5. The van der Waals surface area contributed by atoms with Crippen LogP contribution in [0, 0.1) is 0 Å². The highest BCUT2D eigenvalue weighted by Crippen LogP contribution is 2.30. The van der Waals surface area contributed by atoms with Gasteiger partial charge >= 0.3 is 0 Å². The van der Waals surface area contributed by atoms with Gasteiger partial charge in [0.2, 0.25) is 11.9 Å². The fourth-order valence-electron chi connectivity index (χ4n) is 2.72. The van der Waals surface area contributed by atoms with Crippen LogP contribution in [0.25, 0.3) is 10.2 Å². The first-order valence-corrected chi connectivity index (χ1v) is 8.00. The zero-order valence-corrected chi connectivity index (χ0v) is 13.0. The van der Waals surface area contributed by atoms with Gasteiger partial charge in [-0.2, -0.15) is 4.98 Å². The number of carbonyl (C=O) groups excluding carboxylic acids is 1. The summed E-state index contributed by atoms with van der Waals surface area (Å²) in [5.74, 6) is 1.70. The highest BCUT2D eigenvalue weighted by atomic mass is 32.1. The number of anilines is 2. The van der Waals surface area contributed by atoms with E-state index in [0.717, 1.165) is 42.0 Å². The number of rotatable bonds is 3. The Morgan fingerprint density at radius 2 is 2.14 bits per heavy atom. The topological polar surface area (TPSA) is 70.2 Å². The van der Waals surface area contributed by atoms with Crippen LogP contribution in [0.2, 0.25) is 0 Å². The smallest absolute Gasteiger partial charge is 0.225 e. The molecule has 0 saturated carbocycles. The van der Waals surface area contributed by atoms with Gasteiger partial charge in [-0.15, -0.1) is 11.3 Å². The van der Waals surface area contributed by atoms with Crippen molar-refractivity contribution >= 4 is 39.2 Å². The molecular formula is C14H19N5OS. The van der Waals surface area contributed by atoms with Crippen molar-refractivity contribution in [2.75, 3.05) is 30.4 Å². The normalized spacial score (nSPS) is 16.2. The van der Waals surface area contributed by atoms with Crippen LogP contribution in [-0.2, 0) is 4.79 Å². The zero-order valence-electron chi connectivity index (χ0n) is 12.2. The van der Waals surface area contributed by atoms with Gasteiger partial charge < -0.3 is 15.5 Å². The molecule has 3 rings (SSSR count). The molecule has 1 fully saturated rings. The molecule has 0 bridgehead atoms. The van der Waals surface area contributed by atoms with Crippen molar-refractivity contribution in [3.63, 3.8) is 0 Å². The second-order valence-corrected chi connectivity index (χ2v) is 6.12. The lowest BCUT2D eigenvalue weighted by Gasteiger charge is -2.33. The Hall–Kier alpha value is -1.89. The van der Waals surface area contributed by atoms with E-state index >= 15 is 0 Å². The molecule has 6 nitrogen and oxygen atoms in total. The summed E-state index contributed by atoms with van der Waals surface area (Å²) in [6.45, 7) is 3.37. The maximum Gasteiger partial charge on any atom is 0.225 e. The van der Waals surface area contributed by atoms with E-state index in [1.54, 1.807) is 18.3 Å². The van der Waals surface area contributed by atoms with E-state index in [-0.39, 0.29) is 11.9 Å². The summed E-state index contributed by atoms with van der Waals surface area (Å²) in [7, 11) is 1.83. The van der Waals surface area contributed by atoms with Gasteiger partial charge in [0.05, 0.1) is 5.39 Å². The fourth-order valence-corrected chi connectivity index (χ4v) is 3.47. The first-order valence-electron chi connectivity index (χ1n) is 7.12. The zero-order chi connectivity index (χ0) is 14.8. The maximum absolute atomic E-state index is 11.1. The van der Waals surface area contributed by atoms with Crippen molar-refractivity contribution in [3.8, 4) is 0 Å². The SMILES string of the molecule is CNc1nc(N2CCC(NC(C)=O)CC2)c2ccsc2n1. The predicted octanol–water partition coefficient (Wildman–Crippen LogP) is 1.84. The number of hydrogen-bond donors (Lipinski definition) is 2. The van der Waals surface area contributed by atoms with E-state index in [0.29, 0.717) is 5.95 Å². The monoisotopic (exact) mass is 305 g/mol. The second kappa shape index (κ2) is 5.85. The first-order chi connectivity index (χ1) is 10.2.